The van der Waals surface area contributed by atoms with Crippen LogP contribution in [0.5, 0.6) is 5.75 Å². The molecule has 0 aliphatic heterocycles. The van der Waals surface area contributed by atoms with Gasteiger partial charge in [0.05, 0.1) is 11.6 Å². The molecule has 6 nitrogen and oxygen atoms in total. The molecule has 1 rings (SSSR count). The summed E-state index contributed by atoms with van der Waals surface area (Å²) in [7, 11) is 0. The normalized spacial score (nSPS) is 13.4. The van der Waals surface area contributed by atoms with E-state index in [1.54, 1.807) is 6.92 Å². The maximum Gasteiger partial charge on any atom is 0.387 e. The average Bonchev–Trinajstić information content (AvgIpc) is 2.49. The molecule has 134 valence electrons. The van der Waals surface area contributed by atoms with Crippen molar-refractivity contribution in [3.63, 3.8) is 0 Å². The molecule has 0 radical (unpaired) electrons. The van der Waals surface area contributed by atoms with E-state index in [1.807, 2.05) is 6.92 Å². The SMILES string of the molecule is CC[C@H](C)[C@H](NCC(=O)Nc1ccc(OC(F)F)c(Cl)c1)C(=O)O. The number of halogens is 3. The van der Waals surface area contributed by atoms with Gasteiger partial charge in [0.1, 0.15) is 11.8 Å². The molecule has 0 spiro atoms. The minimum absolute atomic E-state index is 0.0796. The summed E-state index contributed by atoms with van der Waals surface area (Å²) in [5.41, 5.74) is 0.281. The maximum atomic E-state index is 12.1. The number of ether oxygens (including phenoxy) is 1. The van der Waals surface area contributed by atoms with Gasteiger partial charge in [-0.25, -0.2) is 0 Å². The molecule has 0 saturated carbocycles. The Bertz CT molecular complexity index is 587. The highest BCUT2D eigenvalue weighted by atomic mass is 35.5. The lowest BCUT2D eigenvalue weighted by Crippen LogP contribution is -2.45. The number of carbonyl (C=O) groups is 2. The van der Waals surface area contributed by atoms with Crippen LogP contribution >= 0.6 is 11.6 Å². The Morgan fingerprint density at radius 3 is 2.54 bits per heavy atom. The second-order valence-electron chi connectivity index (χ2n) is 5.15. The number of alkyl halides is 2. The number of nitrogens with one attached hydrogen (secondary N) is 2. The molecule has 0 aliphatic rings. The van der Waals surface area contributed by atoms with E-state index in [9.17, 15) is 18.4 Å². The van der Waals surface area contributed by atoms with Crippen molar-refractivity contribution >= 4 is 29.2 Å². The Kier molecular flexibility index (Phi) is 7.87. The molecule has 1 aromatic carbocycles. The zero-order valence-corrected chi connectivity index (χ0v) is 13.9. The molecule has 0 aromatic heterocycles. The number of carboxylic acid groups (broad SMARTS) is 1. The highest BCUT2D eigenvalue weighted by Crippen LogP contribution is 2.28. The summed E-state index contributed by atoms with van der Waals surface area (Å²) in [6, 6.07) is 2.98. The van der Waals surface area contributed by atoms with Crippen LogP contribution in [0.2, 0.25) is 5.02 Å². The number of hydrogen-bond donors (Lipinski definition) is 3. The van der Waals surface area contributed by atoms with E-state index in [2.05, 4.69) is 15.4 Å². The van der Waals surface area contributed by atoms with Crippen LogP contribution in [0.15, 0.2) is 18.2 Å². The van der Waals surface area contributed by atoms with Crippen molar-refractivity contribution in [2.24, 2.45) is 5.92 Å². The van der Waals surface area contributed by atoms with Crippen molar-refractivity contribution in [2.45, 2.75) is 32.9 Å². The molecular formula is C15H19ClF2N2O4. The van der Waals surface area contributed by atoms with Crippen LogP contribution in [-0.2, 0) is 9.59 Å². The summed E-state index contributed by atoms with van der Waals surface area (Å²) in [5.74, 6) is -1.86. The van der Waals surface area contributed by atoms with E-state index in [0.717, 1.165) is 0 Å². The molecule has 2 atom stereocenters. The first-order valence-electron chi connectivity index (χ1n) is 7.25. The molecule has 1 aromatic rings. The van der Waals surface area contributed by atoms with Crippen LogP contribution in [0, 0.1) is 5.92 Å². The van der Waals surface area contributed by atoms with Crippen molar-refractivity contribution in [1.29, 1.82) is 0 Å². The highest BCUT2D eigenvalue weighted by Gasteiger charge is 2.23. The van der Waals surface area contributed by atoms with E-state index < -0.39 is 24.5 Å². The van der Waals surface area contributed by atoms with Crippen LogP contribution in [0.1, 0.15) is 20.3 Å². The zero-order chi connectivity index (χ0) is 18.3. The molecular weight excluding hydrogens is 346 g/mol. The summed E-state index contributed by atoms with van der Waals surface area (Å²) in [6.07, 6.45) is 0.646. The number of amides is 1. The predicted octanol–water partition coefficient (Wildman–Crippen LogP) is 2.97. The van der Waals surface area contributed by atoms with Crippen molar-refractivity contribution in [1.82, 2.24) is 5.32 Å². The van der Waals surface area contributed by atoms with Crippen LogP contribution in [0.3, 0.4) is 0 Å². The summed E-state index contributed by atoms with van der Waals surface area (Å²) in [5, 5.41) is 14.2. The van der Waals surface area contributed by atoms with Crippen molar-refractivity contribution in [3.8, 4) is 5.75 Å². The molecule has 0 heterocycles. The fourth-order valence-corrected chi connectivity index (χ4v) is 2.17. The largest absolute Gasteiger partial charge is 0.480 e. The lowest BCUT2D eigenvalue weighted by atomic mass is 9.99. The van der Waals surface area contributed by atoms with Crippen molar-refractivity contribution < 1.29 is 28.2 Å². The van der Waals surface area contributed by atoms with Gasteiger partial charge in [0.25, 0.3) is 0 Å². The van der Waals surface area contributed by atoms with E-state index in [0.29, 0.717) is 6.42 Å². The van der Waals surface area contributed by atoms with E-state index in [4.69, 9.17) is 16.7 Å². The van der Waals surface area contributed by atoms with Gasteiger partial charge in [-0.15, -0.1) is 0 Å². The Balaban J connectivity index is 2.61. The summed E-state index contributed by atoms with van der Waals surface area (Å²) >= 11 is 5.78. The number of benzene rings is 1. The monoisotopic (exact) mass is 364 g/mol. The second-order valence-corrected chi connectivity index (χ2v) is 5.56. The average molecular weight is 365 g/mol. The van der Waals surface area contributed by atoms with Crippen LogP contribution in [-0.4, -0.2) is 36.2 Å². The van der Waals surface area contributed by atoms with Gasteiger partial charge in [0, 0.05) is 5.69 Å². The molecule has 0 aliphatic carbocycles. The van der Waals surface area contributed by atoms with Crippen LogP contribution in [0.4, 0.5) is 14.5 Å². The highest BCUT2D eigenvalue weighted by molar-refractivity contribution is 6.32. The molecule has 0 fully saturated rings. The number of carbonyl (C=O) groups excluding carboxylic acids is 1. The van der Waals surface area contributed by atoms with Gasteiger partial charge in [0.2, 0.25) is 5.91 Å². The topological polar surface area (TPSA) is 87.7 Å². The number of carboxylic acids is 1. The molecule has 0 unspecified atom stereocenters. The maximum absolute atomic E-state index is 12.1. The third-order valence-electron chi connectivity index (χ3n) is 3.39. The fourth-order valence-electron chi connectivity index (χ4n) is 1.95. The van der Waals surface area contributed by atoms with Gasteiger partial charge in [-0.05, 0) is 24.1 Å². The minimum Gasteiger partial charge on any atom is -0.480 e. The van der Waals surface area contributed by atoms with Crippen molar-refractivity contribution in [2.75, 3.05) is 11.9 Å². The molecule has 0 bridgehead atoms. The summed E-state index contributed by atoms with van der Waals surface area (Å²) in [4.78, 5) is 23.0. The van der Waals surface area contributed by atoms with Gasteiger partial charge in [-0.2, -0.15) is 8.78 Å². The van der Waals surface area contributed by atoms with Gasteiger partial charge < -0.3 is 15.2 Å². The third-order valence-corrected chi connectivity index (χ3v) is 3.69. The molecule has 0 saturated heterocycles. The van der Waals surface area contributed by atoms with Crippen LogP contribution in [0.25, 0.3) is 0 Å². The first kappa shape index (κ1) is 20.1. The molecule has 1 amide bonds. The Morgan fingerprint density at radius 2 is 2.04 bits per heavy atom. The Hall–Kier alpha value is -1.93. The number of anilines is 1. The van der Waals surface area contributed by atoms with E-state index in [1.165, 1.54) is 18.2 Å². The van der Waals surface area contributed by atoms with Gasteiger partial charge in [0.15, 0.2) is 0 Å². The summed E-state index contributed by atoms with van der Waals surface area (Å²) in [6.45, 7) is 0.410. The van der Waals surface area contributed by atoms with Gasteiger partial charge in [-0.3, -0.25) is 14.9 Å². The minimum atomic E-state index is -3.00. The summed E-state index contributed by atoms with van der Waals surface area (Å²) < 4.78 is 28.5. The molecule has 24 heavy (non-hydrogen) atoms. The molecule has 3 N–H and O–H groups in total. The standard InChI is InChI=1S/C15H19ClF2N2O4/c1-3-8(2)13(14(22)23)19-7-12(21)20-9-4-5-11(10(16)6-9)24-15(17)18/h4-6,8,13,15,19H,3,7H2,1-2H3,(H,20,21)(H,22,23)/t8-,13-/m0/s1. The molecule has 9 heteroatoms. The quantitative estimate of drug-likeness (QED) is 0.627. The first-order valence-corrected chi connectivity index (χ1v) is 7.62. The zero-order valence-electron chi connectivity index (χ0n) is 13.2. The Labute approximate surface area is 143 Å². The Morgan fingerprint density at radius 1 is 1.38 bits per heavy atom. The number of rotatable bonds is 9. The van der Waals surface area contributed by atoms with E-state index in [-0.39, 0.29) is 28.9 Å². The number of hydrogen-bond acceptors (Lipinski definition) is 4. The van der Waals surface area contributed by atoms with Crippen LogP contribution < -0.4 is 15.4 Å². The lowest BCUT2D eigenvalue weighted by Gasteiger charge is -2.19. The second kappa shape index (κ2) is 9.39. The first-order chi connectivity index (χ1) is 11.2. The number of aliphatic carboxylic acids is 1. The smallest absolute Gasteiger partial charge is 0.387 e. The van der Waals surface area contributed by atoms with Crippen molar-refractivity contribution in [3.05, 3.63) is 23.2 Å². The predicted molar refractivity (Wildman–Crippen MR) is 85.6 cm³/mol. The van der Waals surface area contributed by atoms with E-state index >= 15 is 0 Å². The third kappa shape index (κ3) is 6.29. The van der Waals surface area contributed by atoms with Gasteiger partial charge in [-0.1, -0.05) is 31.9 Å². The van der Waals surface area contributed by atoms with Gasteiger partial charge >= 0.3 is 12.6 Å². The lowest BCUT2D eigenvalue weighted by molar-refractivity contribution is -0.140. The fraction of sp³-hybridized carbons (Fsp3) is 0.467.